The summed E-state index contributed by atoms with van der Waals surface area (Å²) in [5, 5.41) is 3.03. The number of hydrogen-bond donors (Lipinski definition) is 0. The third-order valence-corrected chi connectivity index (χ3v) is 5.22. The first-order chi connectivity index (χ1) is 11.8. The van der Waals surface area contributed by atoms with Crippen LogP contribution in [0.5, 0.6) is 11.5 Å². The van der Waals surface area contributed by atoms with E-state index in [2.05, 4.69) is 9.88 Å². The number of anilines is 1. The molecule has 3 heterocycles. The highest BCUT2D eigenvalue weighted by atomic mass is 32.1. The lowest BCUT2D eigenvalue weighted by molar-refractivity contribution is -0.131. The van der Waals surface area contributed by atoms with Gasteiger partial charge in [0, 0.05) is 44.2 Å². The molecule has 0 N–H and O–H groups in total. The van der Waals surface area contributed by atoms with E-state index in [9.17, 15) is 4.79 Å². The lowest BCUT2D eigenvalue weighted by Crippen LogP contribution is -2.48. The Morgan fingerprint density at radius 1 is 1.17 bits per heavy atom. The molecular weight excluding hydrogens is 326 g/mol. The Labute approximate surface area is 144 Å². The SMILES string of the molecule is O=C(CCc1ccc2c(c1)OCO2)N1CCN(c2nccs2)CC1. The van der Waals surface area contributed by atoms with Crippen molar-refractivity contribution in [3.8, 4) is 11.5 Å². The van der Waals surface area contributed by atoms with Crippen LogP contribution < -0.4 is 14.4 Å². The standard InChI is InChI=1S/C17H19N3O3S/c21-16(4-2-13-1-3-14-15(11-13)23-12-22-14)19-6-8-20(9-7-19)17-18-5-10-24-17/h1,3,5,10-11H,2,4,6-9,12H2. The van der Waals surface area contributed by atoms with Gasteiger partial charge in [0.2, 0.25) is 12.7 Å². The largest absolute Gasteiger partial charge is 0.454 e. The molecule has 2 aliphatic rings. The van der Waals surface area contributed by atoms with Crippen molar-refractivity contribution in [3.63, 3.8) is 0 Å². The Morgan fingerprint density at radius 3 is 2.79 bits per heavy atom. The first-order valence-electron chi connectivity index (χ1n) is 8.10. The molecule has 1 saturated heterocycles. The molecule has 2 aliphatic heterocycles. The van der Waals surface area contributed by atoms with E-state index in [1.807, 2.05) is 34.7 Å². The van der Waals surface area contributed by atoms with Gasteiger partial charge in [-0.3, -0.25) is 4.79 Å². The maximum absolute atomic E-state index is 12.4. The topological polar surface area (TPSA) is 54.9 Å². The van der Waals surface area contributed by atoms with Gasteiger partial charge < -0.3 is 19.3 Å². The molecule has 1 fully saturated rings. The van der Waals surface area contributed by atoms with Gasteiger partial charge in [0.1, 0.15) is 0 Å². The molecule has 0 aliphatic carbocycles. The lowest BCUT2D eigenvalue weighted by Gasteiger charge is -2.34. The first-order valence-corrected chi connectivity index (χ1v) is 8.98. The van der Waals surface area contributed by atoms with Crippen LogP contribution in [0.1, 0.15) is 12.0 Å². The van der Waals surface area contributed by atoms with E-state index < -0.39 is 0 Å². The Morgan fingerprint density at radius 2 is 2.00 bits per heavy atom. The van der Waals surface area contributed by atoms with Crippen LogP contribution in [0.25, 0.3) is 0 Å². The number of carbonyl (C=O) groups is 1. The molecule has 0 saturated carbocycles. The summed E-state index contributed by atoms with van der Waals surface area (Å²) in [6.07, 6.45) is 3.07. The van der Waals surface area contributed by atoms with Crippen molar-refractivity contribution < 1.29 is 14.3 Å². The summed E-state index contributed by atoms with van der Waals surface area (Å²) < 4.78 is 10.7. The Balaban J connectivity index is 1.28. The van der Waals surface area contributed by atoms with Gasteiger partial charge in [-0.25, -0.2) is 4.98 Å². The van der Waals surface area contributed by atoms with Crippen LogP contribution in [-0.4, -0.2) is 48.8 Å². The summed E-state index contributed by atoms with van der Waals surface area (Å²) in [7, 11) is 0. The Bertz CT molecular complexity index is 712. The van der Waals surface area contributed by atoms with Crippen LogP contribution in [0.15, 0.2) is 29.8 Å². The van der Waals surface area contributed by atoms with Crippen LogP contribution in [0.4, 0.5) is 5.13 Å². The zero-order valence-electron chi connectivity index (χ0n) is 13.3. The van der Waals surface area contributed by atoms with Gasteiger partial charge in [-0.05, 0) is 24.1 Å². The number of benzene rings is 1. The average molecular weight is 345 g/mol. The van der Waals surface area contributed by atoms with Crippen molar-refractivity contribution >= 4 is 22.4 Å². The van der Waals surface area contributed by atoms with Gasteiger partial charge in [0.15, 0.2) is 16.6 Å². The van der Waals surface area contributed by atoms with Crippen LogP contribution in [0.3, 0.4) is 0 Å². The molecule has 1 aromatic heterocycles. The minimum absolute atomic E-state index is 0.214. The molecule has 0 radical (unpaired) electrons. The molecule has 7 heteroatoms. The number of rotatable bonds is 4. The monoisotopic (exact) mass is 345 g/mol. The van der Waals surface area contributed by atoms with E-state index in [1.54, 1.807) is 11.3 Å². The van der Waals surface area contributed by atoms with Gasteiger partial charge in [-0.2, -0.15) is 0 Å². The number of thiazole rings is 1. The number of aromatic nitrogens is 1. The Kier molecular flexibility index (Phi) is 4.25. The molecule has 0 unspecified atom stereocenters. The lowest BCUT2D eigenvalue weighted by atomic mass is 10.1. The fourth-order valence-electron chi connectivity index (χ4n) is 3.03. The van der Waals surface area contributed by atoms with E-state index in [1.165, 1.54) is 0 Å². The van der Waals surface area contributed by atoms with Crippen LogP contribution in [0.2, 0.25) is 0 Å². The minimum atomic E-state index is 0.214. The molecule has 1 amide bonds. The maximum Gasteiger partial charge on any atom is 0.231 e. The second-order valence-corrected chi connectivity index (χ2v) is 6.74. The molecule has 126 valence electrons. The number of fused-ring (bicyclic) bond motifs is 1. The third-order valence-electron chi connectivity index (χ3n) is 4.39. The zero-order valence-corrected chi connectivity index (χ0v) is 14.1. The van der Waals surface area contributed by atoms with Gasteiger partial charge in [0.05, 0.1) is 0 Å². The van der Waals surface area contributed by atoms with Gasteiger partial charge >= 0.3 is 0 Å². The maximum atomic E-state index is 12.4. The van der Waals surface area contributed by atoms with Crippen LogP contribution >= 0.6 is 11.3 Å². The third kappa shape index (κ3) is 3.17. The van der Waals surface area contributed by atoms with Crippen LogP contribution in [0, 0.1) is 0 Å². The number of aryl methyl sites for hydroxylation is 1. The summed E-state index contributed by atoms with van der Waals surface area (Å²) in [5.41, 5.74) is 1.11. The van der Waals surface area contributed by atoms with E-state index in [-0.39, 0.29) is 12.7 Å². The second-order valence-electron chi connectivity index (χ2n) is 5.87. The molecule has 0 spiro atoms. The Hall–Kier alpha value is -2.28. The molecule has 0 bridgehead atoms. The normalized spacial score (nSPS) is 16.5. The molecule has 4 rings (SSSR count). The summed E-state index contributed by atoms with van der Waals surface area (Å²) in [6, 6.07) is 5.88. The van der Waals surface area contributed by atoms with Crippen molar-refractivity contribution in [2.75, 3.05) is 37.9 Å². The van der Waals surface area contributed by atoms with Gasteiger partial charge in [-0.1, -0.05) is 6.07 Å². The first kappa shape index (κ1) is 15.3. The fraction of sp³-hybridized carbons (Fsp3) is 0.412. The van der Waals surface area contributed by atoms with Gasteiger partial charge in [-0.15, -0.1) is 11.3 Å². The number of hydrogen-bond acceptors (Lipinski definition) is 6. The molecular formula is C17H19N3O3S. The number of carbonyl (C=O) groups excluding carboxylic acids is 1. The van der Waals surface area contributed by atoms with E-state index in [0.29, 0.717) is 6.42 Å². The second kappa shape index (κ2) is 6.68. The van der Waals surface area contributed by atoms with Crippen molar-refractivity contribution in [2.45, 2.75) is 12.8 Å². The predicted molar refractivity (Wildman–Crippen MR) is 91.8 cm³/mol. The highest BCUT2D eigenvalue weighted by Gasteiger charge is 2.22. The molecule has 1 aromatic carbocycles. The highest BCUT2D eigenvalue weighted by Crippen LogP contribution is 2.32. The average Bonchev–Trinajstić information content (AvgIpc) is 3.31. The predicted octanol–water partition coefficient (Wildman–Crippen LogP) is 2.15. The van der Waals surface area contributed by atoms with Gasteiger partial charge in [0.25, 0.3) is 0 Å². The van der Waals surface area contributed by atoms with Crippen molar-refractivity contribution in [1.82, 2.24) is 9.88 Å². The zero-order chi connectivity index (χ0) is 16.4. The minimum Gasteiger partial charge on any atom is -0.454 e. The number of nitrogens with zero attached hydrogens (tertiary/aromatic N) is 3. The number of piperazine rings is 1. The van der Waals surface area contributed by atoms with Crippen molar-refractivity contribution in [1.29, 1.82) is 0 Å². The molecule has 24 heavy (non-hydrogen) atoms. The number of ether oxygens (including phenoxy) is 2. The van der Waals surface area contributed by atoms with Crippen LogP contribution in [-0.2, 0) is 11.2 Å². The number of amides is 1. The summed E-state index contributed by atoms with van der Waals surface area (Å²) in [5.74, 6) is 1.77. The summed E-state index contributed by atoms with van der Waals surface area (Å²) in [6.45, 7) is 3.51. The van der Waals surface area contributed by atoms with E-state index in [4.69, 9.17) is 9.47 Å². The molecule has 0 atom stereocenters. The quantitative estimate of drug-likeness (QED) is 0.850. The summed E-state index contributed by atoms with van der Waals surface area (Å²) >= 11 is 1.65. The molecule has 6 nitrogen and oxygen atoms in total. The molecule has 2 aromatic rings. The van der Waals surface area contributed by atoms with E-state index >= 15 is 0 Å². The van der Waals surface area contributed by atoms with E-state index in [0.717, 1.165) is 54.8 Å². The smallest absolute Gasteiger partial charge is 0.231 e. The fourth-order valence-corrected chi connectivity index (χ4v) is 3.72. The van der Waals surface area contributed by atoms with Crippen molar-refractivity contribution in [2.24, 2.45) is 0 Å². The summed E-state index contributed by atoms with van der Waals surface area (Å²) in [4.78, 5) is 21.0. The van der Waals surface area contributed by atoms with Crippen molar-refractivity contribution in [3.05, 3.63) is 35.3 Å². The highest BCUT2D eigenvalue weighted by molar-refractivity contribution is 7.13.